The summed E-state index contributed by atoms with van der Waals surface area (Å²) in [6.45, 7) is 3.23. The lowest BCUT2D eigenvalue weighted by atomic mass is 9.93. The third kappa shape index (κ3) is 4.09. The lowest BCUT2D eigenvalue weighted by Gasteiger charge is -2.31. The van der Waals surface area contributed by atoms with Crippen molar-refractivity contribution in [2.75, 3.05) is 13.1 Å². The summed E-state index contributed by atoms with van der Waals surface area (Å²) in [6.07, 6.45) is 3.27. The van der Waals surface area contributed by atoms with Crippen LogP contribution in [0.5, 0.6) is 0 Å². The predicted octanol–water partition coefficient (Wildman–Crippen LogP) is 2.55. The fraction of sp³-hybridized carbons (Fsp3) is 0.474. The van der Waals surface area contributed by atoms with Gasteiger partial charge in [0.25, 0.3) is 5.91 Å². The van der Waals surface area contributed by atoms with Gasteiger partial charge >= 0.3 is 5.97 Å². The number of rotatable bonds is 6. The Morgan fingerprint density at radius 1 is 1.27 bits per heavy atom. The zero-order valence-corrected chi connectivity index (χ0v) is 15.0. The van der Waals surface area contributed by atoms with Crippen LogP contribution in [0, 0.1) is 5.92 Å². The molecule has 0 bridgehead atoms. The number of aliphatic carboxylic acids is 1. The number of carbonyl (C=O) groups excluding carboxylic acids is 1. The second kappa shape index (κ2) is 8.12. The van der Waals surface area contributed by atoms with Gasteiger partial charge in [-0.2, -0.15) is 0 Å². The van der Waals surface area contributed by atoms with E-state index in [2.05, 4.69) is 10.1 Å². The third-order valence-corrected chi connectivity index (χ3v) is 4.76. The molecule has 1 saturated heterocycles. The van der Waals surface area contributed by atoms with E-state index in [9.17, 15) is 9.59 Å². The Balaban J connectivity index is 1.75. The van der Waals surface area contributed by atoms with Gasteiger partial charge in [0.15, 0.2) is 0 Å². The molecule has 3 rings (SSSR count). The molecule has 1 aromatic carbocycles. The maximum atomic E-state index is 12.9. The topological polar surface area (TPSA) is 88.3 Å². The van der Waals surface area contributed by atoms with E-state index in [1.165, 1.54) is 0 Å². The van der Waals surface area contributed by atoms with Crippen molar-refractivity contribution in [3.05, 3.63) is 42.0 Å². The van der Waals surface area contributed by atoms with Crippen LogP contribution in [-0.4, -0.2) is 49.7 Å². The van der Waals surface area contributed by atoms with Gasteiger partial charge in [-0.25, -0.2) is 9.67 Å². The monoisotopic (exact) mass is 356 g/mol. The van der Waals surface area contributed by atoms with Crippen LogP contribution in [0.3, 0.4) is 0 Å². The fourth-order valence-electron chi connectivity index (χ4n) is 3.39. The number of para-hydroxylation sites is 1. The summed E-state index contributed by atoms with van der Waals surface area (Å²) in [4.78, 5) is 29.9. The van der Waals surface area contributed by atoms with Crippen molar-refractivity contribution in [3.63, 3.8) is 0 Å². The van der Waals surface area contributed by atoms with Crippen LogP contribution in [0.1, 0.15) is 49.1 Å². The van der Waals surface area contributed by atoms with Crippen LogP contribution in [-0.2, 0) is 11.2 Å². The zero-order valence-electron chi connectivity index (χ0n) is 15.0. The van der Waals surface area contributed by atoms with Crippen molar-refractivity contribution in [3.8, 4) is 5.69 Å². The molecule has 1 atom stereocenters. The second-order valence-corrected chi connectivity index (χ2v) is 6.64. The van der Waals surface area contributed by atoms with Gasteiger partial charge in [-0.05, 0) is 37.3 Å². The van der Waals surface area contributed by atoms with Gasteiger partial charge in [-0.15, -0.1) is 5.10 Å². The molecule has 0 aliphatic carbocycles. The lowest BCUT2D eigenvalue weighted by molar-refractivity contribution is -0.137. The number of hydrogen-bond donors (Lipinski definition) is 1. The number of aryl methyl sites for hydroxylation is 1. The van der Waals surface area contributed by atoms with Crippen LogP contribution in [0.4, 0.5) is 0 Å². The number of carboxylic acids is 1. The summed E-state index contributed by atoms with van der Waals surface area (Å²) in [6, 6.07) is 9.66. The number of likely N-dealkylation sites (tertiary alicyclic amines) is 1. The summed E-state index contributed by atoms with van der Waals surface area (Å²) < 4.78 is 1.72. The summed E-state index contributed by atoms with van der Waals surface area (Å²) in [5.41, 5.74) is 0.883. The highest BCUT2D eigenvalue weighted by Gasteiger charge is 2.28. The summed E-state index contributed by atoms with van der Waals surface area (Å²) in [7, 11) is 0. The molecule has 7 nitrogen and oxygen atoms in total. The molecule has 1 amide bonds. The normalized spacial score (nSPS) is 17.3. The quantitative estimate of drug-likeness (QED) is 0.859. The van der Waals surface area contributed by atoms with Gasteiger partial charge < -0.3 is 10.0 Å². The first-order valence-corrected chi connectivity index (χ1v) is 9.11. The minimum Gasteiger partial charge on any atom is -0.481 e. The van der Waals surface area contributed by atoms with E-state index in [-0.39, 0.29) is 24.1 Å². The predicted molar refractivity (Wildman–Crippen MR) is 96.2 cm³/mol. The van der Waals surface area contributed by atoms with Gasteiger partial charge in [-0.1, -0.05) is 25.1 Å². The standard InChI is InChI=1S/C19H24N4O3/c1-2-16-20-18(21-23(16)15-8-4-3-5-9-15)19(26)22-12-6-7-14(13-22)10-11-17(24)25/h3-5,8-9,14H,2,6-7,10-13H2,1H3,(H,24,25). The first-order chi connectivity index (χ1) is 12.6. The Labute approximate surface area is 152 Å². The molecule has 26 heavy (non-hydrogen) atoms. The number of carbonyl (C=O) groups is 2. The van der Waals surface area contributed by atoms with Crippen LogP contribution >= 0.6 is 0 Å². The number of benzene rings is 1. The van der Waals surface area contributed by atoms with E-state index in [1.807, 2.05) is 37.3 Å². The minimum atomic E-state index is -0.788. The van der Waals surface area contributed by atoms with Crippen LogP contribution in [0.15, 0.2) is 30.3 Å². The molecule has 7 heteroatoms. The second-order valence-electron chi connectivity index (χ2n) is 6.64. The molecule has 1 aromatic heterocycles. The molecule has 2 heterocycles. The number of amides is 1. The number of carboxylic acid groups (broad SMARTS) is 1. The maximum absolute atomic E-state index is 12.9. The van der Waals surface area contributed by atoms with Crippen molar-refractivity contribution in [2.45, 2.75) is 39.0 Å². The molecular formula is C19H24N4O3. The van der Waals surface area contributed by atoms with Gasteiger partial charge in [-0.3, -0.25) is 9.59 Å². The number of nitrogens with zero attached hydrogens (tertiary/aromatic N) is 4. The van der Waals surface area contributed by atoms with Crippen LogP contribution < -0.4 is 0 Å². The van der Waals surface area contributed by atoms with Crippen LogP contribution in [0.2, 0.25) is 0 Å². The van der Waals surface area contributed by atoms with Gasteiger partial charge in [0.2, 0.25) is 5.82 Å². The highest BCUT2D eigenvalue weighted by atomic mass is 16.4. The fourth-order valence-corrected chi connectivity index (χ4v) is 3.39. The maximum Gasteiger partial charge on any atom is 0.303 e. The number of aromatic nitrogens is 3. The van der Waals surface area contributed by atoms with Gasteiger partial charge in [0.1, 0.15) is 5.82 Å². The molecule has 2 aromatic rings. The van der Waals surface area contributed by atoms with Crippen molar-refractivity contribution in [1.29, 1.82) is 0 Å². The molecule has 1 fully saturated rings. The van der Waals surface area contributed by atoms with Crippen molar-refractivity contribution in [2.24, 2.45) is 5.92 Å². The van der Waals surface area contributed by atoms with Crippen molar-refractivity contribution < 1.29 is 14.7 Å². The number of piperidine rings is 1. The molecule has 1 aliphatic heterocycles. The first kappa shape index (κ1) is 18.1. The smallest absolute Gasteiger partial charge is 0.303 e. The Morgan fingerprint density at radius 2 is 2.04 bits per heavy atom. The highest BCUT2D eigenvalue weighted by molar-refractivity contribution is 5.90. The molecule has 138 valence electrons. The molecule has 0 saturated carbocycles. The molecule has 0 spiro atoms. The van der Waals surface area contributed by atoms with E-state index in [0.29, 0.717) is 25.9 Å². The SMILES string of the molecule is CCc1nc(C(=O)N2CCCC(CCC(=O)O)C2)nn1-c1ccccc1. The Hall–Kier alpha value is -2.70. The summed E-state index contributed by atoms with van der Waals surface area (Å²) in [5.74, 6) is 0.230. The van der Waals surface area contributed by atoms with E-state index in [4.69, 9.17) is 5.11 Å². The summed E-state index contributed by atoms with van der Waals surface area (Å²) in [5, 5.41) is 13.3. The zero-order chi connectivity index (χ0) is 18.5. The minimum absolute atomic E-state index is 0.146. The van der Waals surface area contributed by atoms with Crippen molar-refractivity contribution >= 4 is 11.9 Å². The van der Waals surface area contributed by atoms with Gasteiger partial charge in [0.05, 0.1) is 5.69 Å². The molecule has 1 unspecified atom stereocenters. The largest absolute Gasteiger partial charge is 0.481 e. The average Bonchev–Trinajstić information content (AvgIpc) is 3.11. The lowest BCUT2D eigenvalue weighted by Crippen LogP contribution is -2.40. The number of hydrogen-bond acceptors (Lipinski definition) is 4. The average molecular weight is 356 g/mol. The highest BCUT2D eigenvalue weighted by Crippen LogP contribution is 2.22. The summed E-state index contributed by atoms with van der Waals surface area (Å²) >= 11 is 0. The third-order valence-electron chi connectivity index (χ3n) is 4.76. The molecular weight excluding hydrogens is 332 g/mol. The first-order valence-electron chi connectivity index (χ1n) is 9.11. The Morgan fingerprint density at radius 3 is 2.73 bits per heavy atom. The van der Waals surface area contributed by atoms with Gasteiger partial charge in [0, 0.05) is 25.9 Å². The van der Waals surface area contributed by atoms with E-state index >= 15 is 0 Å². The van der Waals surface area contributed by atoms with E-state index in [1.54, 1.807) is 9.58 Å². The Kier molecular flexibility index (Phi) is 5.65. The van der Waals surface area contributed by atoms with E-state index in [0.717, 1.165) is 24.4 Å². The molecule has 0 radical (unpaired) electrons. The van der Waals surface area contributed by atoms with Crippen molar-refractivity contribution in [1.82, 2.24) is 19.7 Å². The Bertz CT molecular complexity index is 772. The molecule has 1 N–H and O–H groups in total. The van der Waals surface area contributed by atoms with Crippen LogP contribution in [0.25, 0.3) is 5.69 Å². The molecule has 1 aliphatic rings. The van der Waals surface area contributed by atoms with E-state index < -0.39 is 5.97 Å².